The van der Waals surface area contributed by atoms with Crippen LogP contribution in [-0.4, -0.2) is 15.8 Å². The normalized spacial score (nSPS) is 15.1. The Morgan fingerprint density at radius 2 is 2.06 bits per heavy atom. The number of halogens is 1. The molecule has 1 N–H and O–H groups in total. The second kappa shape index (κ2) is 5.69. The van der Waals surface area contributed by atoms with Crippen LogP contribution < -0.4 is 5.32 Å². The highest BCUT2D eigenvalue weighted by Gasteiger charge is 2.14. The maximum atomic E-state index is 6.17. The highest BCUT2D eigenvalue weighted by Crippen LogP contribution is 2.19. The SMILES string of the molecule is CCC(C)C(C)NCc1c(C)nn(C)c1Cl. The number of aromatic nitrogens is 2. The molecule has 0 saturated carbocycles. The van der Waals surface area contributed by atoms with Gasteiger partial charge in [-0.3, -0.25) is 4.68 Å². The van der Waals surface area contributed by atoms with Crippen molar-refractivity contribution in [2.45, 2.75) is 46.7 Å². The Bertz CT molecular complexity index is 346. The van der Waals surface area contributed by atoms with E-state index in [4.69, 9.17) is 11.6 Å². The van der Waals surface area contributed by atoms with E-state index in [1.165, 1.54) is 6.42 Å². The van der Waals surface area contributed by atoms with Crippen LogP contribution in [0.2, 0.25) is 5.15 Å². The monoisotopic (exact) mass is 243 g/mol. The van der Waals surface area contributed by atoms with Crippen LogP contribution in [0, 0.1) is 12.8 Å². The first-order valence-corrected chi connectivity index (χ1v) is 6.26. The molecular formula is C12H22ClN3. The van der Waals surface area contributed by atoms with E-state index in [9.17, 15) is 0 Å². The first-order valence-electron chi connectivity index (χ1n) is 5.88. The summed E-state index contributed by atoms with van der Waals surface area (Å²) in [7, 11) is 1.87. The first-order chi connectivity index (χ1) is 7.47. The second-order valence-electron chi connectivity index (χ2n) is 4.53. The number of aryl methyl sites for hydroxylation is 2. The molecule has 92 valence electrons. The van der Waals surface area contributed by atoms with Gasteiger partial charge in [-0.1, -0.05) is 31.9 Å². The van der Waals surface area contributed by atoms with Gasteiger partial charge in [0.05, 0.1) is 5.69 Å². The molecule has 1 aromatic heterocycles. The molecule has 0 aliphatic carbocycles. The van der Waals surface area contributed by atoms with Gasteiger partial charge in [-0.25, -0.2) is 0 Å². The van der Waals surface area contributed by atoms with Gasteiger partial charge in [0.1, 0.15) is 5.15 Å². The van der Waals surface area contributed by atoms with Gasteiger partial charge in [0.25, 0.3) is 0 Å². The number of hydrogen-bond acceptors (Lipinski definition) is 2. The summed E-state index contributed by atoms with van der Waals surface area (Å²) >= 11 is 6.17. The fourth-order valence-corrected chi connectivity index (χ4v) is 1.93. The van der Waals surface area contributed by atoms with Crippen LogP contribution in [0.25, 0.3) is 0 Å². The predicted molar refractivity (Wildman–Crippen MR) is 68.7 cm³/mol. The Hall–Kier alpha value is -0.540. The molecule has 0 aromatic carbocycles. The molecule has 4 heteroatoms. The van der Waals surface area contributed by atoms with Crippen LogP contribution in [0.4, 0.5) is 0 Å². The standard InChI is InChI=1S/C12H22ClN3/c1-6-8(2)9(3)14-7-11-10(4)15-16(5)12(11)13/h8-9,14H,6-7H2,1-5H3. The second-order valence-corrected chi connectivity index (χ2v) is 4.89. The maximum absolute atomic E-state index is 6.17. The van der Waals surface area contributed by atoms with Gasteiger partial charge < -0.3 is 5.32 Å². The van der Waals surface area contributed by atoms with E-state index >= 15 is 0 Å². The molecule has 0 radical (unpaired) electrons. The van der Waals surface area contributed by atoms with Crippen LogP contribution in [0.15, 0.2) is 0 Å². The van der Waals surface area contributed by atoms with Gasteiger partial charge >= 0.3 is 0 Å². The molecule has 1 aromatic rings. The van der Waals surface area contributed by atoms with Crippen LogP contribution >= 0.6 is 11.6 Å². The molecule has 0 spiro atoms. The van der Waals surface area contributed by atoms with E-state index in [1.807, 2.05) is 14.0 Å². The zero-order chi connectivity index (χ0) is 12.3. The summed E-state index contributed by atoms with van der Waals surface area (Å²) in [5.74, 6) is 0.677. The van der Waals surface area contributed by atoms with Crippen LogP contribution in [0.1, 0.15) is 38.4 Å². The van der Waals surface area contributed by atoms with Gasteiger partial charge in [0, 0.05) is 25.2 Å². The van der Waals surface area contributed by atoms with E-state index in [0.29, 0.717) is 12.0 Å². The average Bonchev–Trinajstić information content (AvgIpc) is 2.49. The highest BCUT2D eigenvalue weighted by molar-refractivity contribution is 6.30. The van der Waals surface area contributed by atoms with E-state index < -0.39 is 0 Å². The zero-order valence-corrected chi connectivity index (χ0v) is 11.6. The number of hydrogen-bond donors (Lipinski definition) is 1. The molecule has 0 saturated heterocycles. The zero-order valence-electron chi connectivity index (χ0n) is 10.8. The topological polar surface area (TPSA) is 29.9 Å². The van der Waals surface area contributed by atoms with Crippen LogP contribution in [-0.2, 0) is 13.6 Å². The minimum Gasteiger partial charge on any atom is -0.310 e. The van der Waals surface area contributed by atoms with Crippen molar-refractivity contribution >= 4 is 11.6 Å². The first kappa shape index (κ1) is 13.5. The molecule has 0 aliphatic rings. The predicted octanol–water partition coefficient (Wildman–Crippen LogP) is 2.91. The highest BCUT2D eigenvalue weighted by atomic mass is 35.5. The lowest BCUT2D eigenvalue weighted by atomic mass is 10.0. The molecule has 1 heterocycles. The summed E-state index contributed by atoms with van der Waals surface area (Å²) in [4.78, 5) is 0. The van der Waals surface area contributed by atoms with E-state index in [-0.39, 0.29) is 0 Å². The van der Waals surface area contributed by atoms with Crippen LogP contribution in [0.3, 0.4) is 0 Å². The average molecular weight is 244 g/mol. The minimum atomic E-state index is 0.501. The smallest absolute Gasteiger partial charge is 0.131 e. The molecular weight excluding hydrogens is 222 g/mol. The van der Waals surface area contributed by atoms with E-state index in [2.05, 4.69) is 31.2 Å². The van der Waals surface area contributed by atoms with Crippen molar-refractivity contribution in [2.24, 2.45) is 13.0 Å². The van der Waals surface area contributed by atoms with Crippen molar-refractivity contribution in [3.63, 3.8) is 0 Å². The molecule has 3 nitrogen and oxygen atoms in total. The number of nitrogens with one attached hydrogen (secondary N) is 1. The maximum Gasteiger partial charge on any atom is 0.131 e. The number of rotatable bonds is 5. The molecule has 0 amide bonds. The summed E-state index contributed by atoms with van der Waals surface area (Å²) < 4.78 is 1.72. The van der Waals surface area contributed by atoms with E-state index in [0.717, 1.165) is 23.0 Å². The summed E-state index contributed by atoms with van der Waals surface area (Å²) in [6, 6.07) is 0.501. The van der Waals surface area contributed by atoms with Crippen LogP contribution in [0.5, 0.6) is 0 Å². The third kappa shape index (κ3) is 2.98. The Morgan fingerprint density at radius 3 is 2.50 bits per heavy atom. The van der Waals surface area contributed by atoms with Gasteiger partial charge in [-0.2, -0.15) is 5.10 Å². The summed E-state index contributed by atoms with van der Waals surface area (Å²) in [5, 5.41) is 8.54. The fraction of sp³-hybridized carbons (Fsp3) is 0.750. The molecule has 16 heavy (non-hydrogen) atoms. The quantitative estimate of drug-likeness (QED) is 0.862. The van der Waals surface area contributed by atoms with Crippen molar-refractivity contribution in [3.05, 3.63) is 16.4 Å². The van der Waals surface area contributed by atoms with Gasteiger partial charge in [0.2, 0.25) is 0 Å². The van der Waals surface area contributed by atoms with Gasteiger partial charge in [-0.15, -0.1) is 0 Å². The molecule has 1 rings (SSSR count). The Morgan fingerprint density at radius 1 is 1.44 bits per heavy atom. The lowest BCUT2D eigenvalue weighted by molar-refractivity contribution is 0.389. The largest absolute Gasteiger partial charge is 0.310 e. The number of nitrogens with zero attached hydrogens (tertiary/aromatic N) is 2. The summed E-state index contributed by atoms with van der Waals surface area (Å²) in [6.07, 6.45) is 1.19. The third-order valence-electron chi connectivity index (χ3n) is 3.37. The van der Waals surface area contributed by atoms with E-state index in [1.54, 1.807) is 4.68 Å². The van der Waals surface area contributed by atoms with Crippen molar-refractivity contribution < 1.29 is 0 Å². The van der Waals surface area contributed by atoms with Gasteiger partial charge in [0.15, 0.2) is 0 Å². The molecule has 0 bridgehead atoms. The summed E-state index contributed by atoms with van der Waals surface area (Å²) in [6.45, 7) is 9.48. The third-order valence-corrected chi connectivity index (χ3v) is 3.84. The Kier molecular flexibility index (Phi) is 4.81. The molecule has 0 aliphatic heterocycles. The molecule has 2 atom stereocenters. The van der Waals surface area contributed by atoms with Crippen molar-refractivity contribution in [3.8, 4) is 0 Å². The Balaban J connectivity index is 2.61. The summed E-state index contributed by atoms with van der Waals surface area (Å²) in [5.41, 5.74) is 2.12. The fourth-order valence-electron chi connectivity index (χ4n) is 1.69. The molecule has 2 unspecified atom stereocenters. The lowest BCUT2D eigenvalue weighted by Gasteiger charge is -2.19. The van der Waals surface area contributed by atoms with Gasteiger partial charge in [-0.05, 0) is 19.8 Å². The van der Waals surface area contributed by atoms with Crippen molar-refractivity contribution in [2.75, 3.05) is 0 Å². The van der Waals surface area contributed by atoms with Crippen molar-refractivity contribution in [1.82, 2.24) is 15.1 Å². The lowest BCUT2D eigenvalue weighted by Crippen LogP contribution is -2.31. The van der Waals surface area contributed by atoms with Crippen molar-refractivity contribution in [1.29, 1.82) is 0 Å². The molecule has 0 fully saturated rings. The Labute approximate surface area is 103 Å². The minimum absolute atomic E-state index is 0.501.